The SMILES string of the molecule is CCC(C)NC(=O)C(Cc1ccccc1)N(Cc1ccc(Cl)c(Cl)c1)C(=O)CN(c1ccccc1)S(=O)(=O)c1ccc(Cl)cc1. The topological polar surface area (TPSA) is 86.8 Å². The van der Waals surface area contributed by atoms with Crippen LogP contribution in [0.3, 0.4) is 0 Å². The number of hydrogen-bond donors (Lipinski definition) is 1. The van der Waals surface area contributed by atoms with Gasteiger partial charge < -0.3 is 10.2 Å². The molecule has 1 N–H and O–H groups in total. The van der Waals surface area contributed by atoms with Gasteiger partial charge in [0.2, 0.25) is 11.8 Å². The van der Waals surface area contributed by atoms with Gasteiger partial charge in [0, 0.05) is 24.0 Å². The highest BCUT2D eigenvalue weighted by Crippen LogP contribution is 2.27. The zero-order chi connectivity index (χ0) is 32.6. The second kappa shape index (κ2) is 15.6. The van der Waals surface area contributed by atoms with Crippen LogP contribution in [-0.2, 0) is 32.6 Å². The van der Waals surface area contributed by atoms with Gasteiger partial charge in [0.25, 0.3) is 10.0 Å². The molecule has 4 aromatic rings. The Morgan fingerprint density at radius 1 is 0.800 bits per heavy atom. The van der Waals surface area contributed by atoms with Crippen molar-refractivity contribution in [2.24, 2.45) is 0 Å². The van der Waals surface area contributed by atoms with Crippen molar-refractivity contribution in [2.75, 3.05) is 10.8 Å². The fourth-order valence-electron chi connectivity index (χ4n) is 4.69. The molecule has 236 valence electrons. The molecular weight excluding hydrogens is 653 g/mol. The minimum absolute atomic E-state index is 0.0230. The number of nitrogens with zero attached hydrogens (tertiary/aromatic N) is 2. The van der Waals surface area contributed by atoms with Crippen molar-refractivity contribution in [1.82, 2.24) is 10.2 Å². The molecule has 0 heterocycles. The Bertz CT molecular complexity index is 1710. The number of amides is 2. The minimum atomic E-state index is -4.22. The molecule has 7 nitrogen and oxygen atoms in total. The Morgan fingerprint density at radius 2 is 1.42 bits per heavy atom. The maximum Gasteiger partial charge on any atom is 0.264 e. The molecule has 4 aromatic carbocycles. The number of carbonyl (C=O) groups is 2. The molecule has 0 aliphatic heterocycles. The van der Waals surface area contributed by atoms with E-state index in [2.05, 4.69) is 5.32 Å². The molecule has 2 atom stereocenters. The van der Waals surface area contributed by atoms with Crippen LogP contribution in [-0.4, -0.2) is 43.8 Å². The van der Waals surface area contributed by atoms with Crippen LogP contribution in [0.1, 0.15) is 31.4 Å². The molecule has 0 fully saturated rings. The molecule has 0 aliphatic carbocycles. The number of carbonyl (C=O) groups excluding carboxylic acids is 2. The molecule has 0 aromatic heterocycles. The number of hydrogen-bond acceptors (Lipinski definition) is 4. The largest absolute Gasteiger partial charge is 0.352 e. The fraction of sp³-hybridized carbons (Fsp3) is 0.235. The van der Waals surface area contributed by atoms with Gasteiger partial charge in [0.1, 0.15) is 12.6 Å². The van der Waals surface area contributed by atoms with Crippen molar-refractivity contribution >= 4 is 62.3 Å². The normalized spacial score (nSPS) is 12.6. The number of benzene rings is 4. The smallest absolute Gasteiger partial charge is 0.264 e. The third-order valence-corrected chi connectivity index (χ3v) is 10.1. The van der Waals surface area contributed by atoms with Gasteiger partial charge in [-0.25, -0.2) is 8.42 Å². The van der Waals surface area contributed by atoms with Crippen LogP contribution in [0.2, 0.25) is 15.1 Å². The first kappa shape index (κ1) is 34.3. The monoisotopic (exact) mass is 685 g/mol. The van der Waals surface area contributed by atoms with E-state index in [1.54, 1.807) is 48.5 Å². The molecule has 2 unspecified atom stereocenters. The van der Waals surface area contributed by atoms with Gasteiger partial charge in [-0.15, -0.1) is 0 Å². The Kier molecular flexibility index (Phi) is 11.9. The van der Waals surface area contributed by atoms with Crippen molar-refractivity contribution in [3.05, 3.63) is 129 Å². The number of nitrogens with one attached hydrogen (secondary N) is 1. The van der Waals surface area contributed by atoms with Crippen LogP contribution >= 0.6 is 34.8 Å². The Labute approximate surface area is 279 Å². The molecule has 0 aliphatic rings. The fourth-order valence-corrected chi connectivity index (χ4v) is 6.55. The molecule has 0 saturated heterocycles. The van der Waals surface area contributed by atoms with Crippen LogP contribution in [0.25, 0.3) is 0 Å². The van der Waals surface area contributed by atoms with E-state index in [1.807, 2.05) is 44.2 Å². The second-order valence-electron chi connectivity index (χ2n) is 10.6. The molecule has 2 amide bonds. The van der Waals surface area contributed by atoms with Crippen LogP contribution in [0.4, 0.5) is 5.69 Å². The summed E-state index contributed by atoms with van der Waals surface area (Å²) in [5.74, 6) is -0.934. The van der Waals surface area contributed by atoms with Crippen LogP contribution < -0.4 is 9.62 Å². The van der Waals surface area contributed by atoms with Gasteiger partial charge in [0.15, 0.2) is 0 Å². The molecule has 45 heavy (non-hydrogen) atoms. The number of para-hydroxylation sites is 1. The Morgan fingerprint density at radius 3 is 2.02 bits per heavy atom. The van der Waals surface area contributed by atoms with Gasteiger partial charge in [-0.1, -0.05) is 96.3 Å². The maximum atomic E-state index is 14.5. The predicted octanol–water partition coefficient (Wildman–Crippen LogP) is 7.40. The van der Waals surface area contributed by atoms with E-state index in [9.17, 15) is 18.0 Å². The van der Waals surface area contributed by atoms with E-state index in [1.165, 1.54) is 29.2 Å². The summed E-state index contributed by atoms with van der Waals surface area (Å²) >= 11 is 18.5. The van der Waals surface area contributed by atoms with Gasteiger partial charge in [-0.05, 0) is 73.0 Å². The van der Waals surface area contributed by atoms with Gasteiger partial charge in [0.05, 0.1) is 20.6 Å². The molecule has 0 spiro atoms. The van der Waals surface area contributed by atoms with Crippen molar-refractivity contribution in [2.45, 2.75) is 50.2 Å². The zero-order valence-corrected chi connectivity index (χ0v) is 28.0. The van der Waals surface area contributed by atoms with Crippen molar-refractivity contribution in [3.63, 3.8) is 0 Å². The number of halogens is 3. The summed E-state index contributed by atoms with van der Waals surface area (Å²) < 4.78 is 29.1. The Hall–Kier alpha value is -3.56. The summed E-state index contributed by atoms with van der Waals surface area (Å²) in [6.07, 6.45) is 0.886. The van der Waals surface area contributed by atoms with Gasteiger partial charge in [-0.2, -0.15) is 0 Å². The van der Waals surface area contributed by atoms with E-state index in [0.29, 0.717) is 32.7 Å². The third kappa shape index (κ3) is 9.01. The van der Waals surface area contributed by atoms with Crippen LogP contribution in [0.5, 0.6) is 0 Å². The quantitative estimate of drug-likeness (QED) is 0.159. The summed E-state index contributed by atoms with van der Waals surface area (Å²) in [6, 6.07) is 27.3. The lowest BCUT2D eigenvalue weighted by atomic mass is 10.0. The first-order valence-corrected chi connectivity index (χ1v) is 17.0. The minimum Gasteiger partial charge on any atom is -0.352 e. The highest BCUT2D eigenvalue weighted by molar-refractivity contribution is 7.92. The molecule has 0 saturated carbocycles. The lowest BCUT2D eigenvalue weighted by Crippen LogP contribution is -2.54. The lowest BCUT2D eigenvalue weighted by Gasteiger charge is -2.34. The highest BCUT2D eigenvalue weighted by atomic mass is 35.5. The molecule has 0 radical (unpaired) electrons. The van der Waals surface area contributed by atoms with E-state index >= 15 is 0 Å². The first-order valence-electron chi connectivity index (χ1n) is 14.4. The predicted molar refractivity (Wildman–Crippen MR) is 181 cm³/mol. The maximum absolute atomic E-state index is 14.5. The summed E-state index contributed by atoms with van der Waals surface area (Å²) in [4.78, 5) is 29.7. The van der Waals surface area contributed by atoms with E-state index in [-0.39, 0.29) is 29.8 Å². The summed E-state index contributed by atoms with van der Waals surface area (Å²) in [5.41, 5.74) is 1.75. The molecule has 11 heteroatoms. The van der Waals surface area contributed by atoms with E-state index in [0.717, 1.165) is 9.87 Å². The molecule has 0 bridgehead atoms. The van der Waals surface area contributed by atoms with Crippen molar-refractivity contribution < 1.29 is 18.0 Å². The summed E-state index contributed by atoms with van der Waals surface area (Å²) in [6.45, 7) is 3.25. The van der Waals surface area contributed by atoms with Crippen molar-refractivity contribution in [1.29, 1.82) is 0 Å². The zero-order valence-electron chi connectivity index (χ0n) is 24.9. The van der Waals surface area contributed by atoms with Crippen molar-refractivity contribution in [3.8, 4) is 0 Å². The average Bonchev–Trinajstić information content (AvgIpc) is 3.04. The van der Waals surface area contributed by atoms with E-state index in [4.69, 9.17) is 34.8 Å². The van der Waals surface area contributed by atoms with Gasteiger partial charge in [-0.3, -0.25) is 13.9 Å². The average molecular weight is 687 g/mol. The summed E-state index contributed by atoms with van der Waals surface area (Å²) in [7, 11) is -4.22. The molecule has 4 rings (SSSR count). The highest BCUT2D eigenvalue weighted by Gasteiger charge is 2.35. The van der Waals surface area contributed by atoms with Crippen LogP contribution in [0.15, 0.2) is 108 Å². The standard InChI is InChI=1S/C34H34Cl3N3O4S/c1-3-24(2)38-34(42)32(21-25-10-6-4-7-11-25)39(22-26-14-19-30(36)31(37)20-26)33(41)23-40(28-12-8-5-9-13-28)45(43,44)29-17-15-27(35)16-18-29/h4-20,24,32H,3,21-23H2,1-2H3,(H,38,42). The molecular formula is C34H34Cl3N3O4S. The number of anilines is 1. The number of sulfonamides is 1. The first-order chi connectivity index (χ1) is 21.5. The Balaban J connectivity index is 1.80. The van der Waals surface area contributed by atoms with Gasteiger partial charge >= 0.3 is 0 Å². The second-order valence-corrected chi connectivity index (χ2v) is 13.7. The van der Waals surface area contributed by atoms with E-state index < -0.39 is 28.5 Å². The summed E-state index contributed by atoms with van der Waals surface area (Å²) in [5, 5.41) is 4.03. The van der Waals surface area contributed by atoms with Crippen LogP contribution in [0, 0.1) is 0 Å². The lowest BCUT2D eigenvalue weighted by molar-refractivity contribution is -0.140. The number of rotatable bonds is 13. The third-order valence-electron chi connectivity index (χ3n) is 7.33.